The van der Waals surface area contributed by atoms with Gasteiger partial charge in [-0.3, -0.25) is 4.31 Å². The van der Waals surface area contributed by atoms with E-state index >= 15 is 0 Å². The van der Waals surface area contributed by atoms with Crippen molar-refractivity contribution in [1.82, 2.24) is 9.29 Å². The summed E-state index contributed by atoms with van der Waals surface area (Å²) < 4.78 is 26.0. The van der Waals surface area contributed by atoms with E-state index in [1.54, 1.807) is 7.05 Å². The highest BCUT2D eigenvalue weighted by atomic mass is 35.5. The molecule has 2 unspecified atom stereocenters. The number of aliphatic imine (C=N–C) groups is 1. The van der Waals surface area contributed by atoms with Crippen LogP contribution < -0.4 is 10.5 Å². The zero-order chi connectivity index (χ0) is 24.5. The molecule has 0 saturated heterocycles. The number of guanidine groups is 1. The van der Waals surface area contributed by atoms with Gasteiger partial charge in [0.15, 0.2) is 5.76 Å². The van der Waals surface area contributed by atoms with E-state index in [9.17, 15) is 4.21 Å². The molecule has 1 aliphatic heterocycles. The molecule has 0 saturated carbocycles. The maximum Gasteiger partial charge on any atom is 0.237 e. The van der Waals surface area contributed by atoms with Crippen LogP contribution in [0.25, 0.3) is 22.1 Å². The first-order chi connectivity index (χ1) is 16.3. The Bertz CT molecular complexity index is 1220. The van der Waals surface area contributed by atoms with Gasteiger partial charge in [0.1, 0.15) is 22.3 Å². The second kappa shape index (κ2) is 10.1. The maximum absolute atomic E-state index is 12.5. The van der Waals surface area contributed by atoms with Crippen molar-refractivity contribution in [2.24, 2.45) is 10.7 Å². The second-order valence-corrected chi connectivity index (χ2v) is 11.3. The number of hydrogen-bond donors (Lipinski definition) is 1. The van der Waals surface area contributed by atoms with Crippen LogP contribution in [0.3, 0.4) is 0 Å². The predicted molar refractivity (Wildman–Crippen MR) is 140 cm³/mol. The van der Waals surface area contributed by atoms with E-state index in [0.717, 1.165) is 51.8 Å². The Hall–Kier alpha value is -2.36. The summed E-state index contributed by atoms with van der Waals surface area (Å²) in [6, 6.07) is 9.72. The number of oxazole rings is 1. The fourth-order valence-electron chi connectivity index (χ4n) is 3.71. The van der Waals surface area contributed by atoms with Gasteiger partial charge in [0.2, 0.25) is 11.9 Å². The molecule has 2 aromatic heterocycles. The Labute approximate surface area is 211 Å². The fraction of sp³-hybridized carbons (Fsp3) is 0.417. The molecule has 1 aromatic carbocycles. The van der Waals surface area contributed by atoms with Gasteiger partial charge in [-0.15, -0.1) is 11.3 Å². The van der Waals surface area contributed by atoms with Crippen LogP contribution in [0.2, 0.25) is 5.02 Å². The molecule has 1 aliphatic rings. The lowest BCUT2D eigenvalue weighted by molar-refractivity contribution is 0.309. The summed E-state index contributed by atoms with van der Waals surface area (Å²) in [6.07, 6.45) is 2.85. The Kier molecular flexibility index (Phi) is 7.35. The van der Waals surface area contributed by atoms with Crippen molar-refractivity contribution in [2.45, 2.75) is 45.6 Å². The number of hydrogen-bond acceptors (Lipinski definition) is 7. The number of nitrogens with two attached hydrogens (primary N) is 1. The van der Waals surface area contributed by atoms with E-state index in [1.165, 1.54) is 15.6 Å². The lowest BCUT2D eigenvalue weighted by atomic mass is 10.0. The van der Waals surface area contributed by atoms with Crippen LogP contribution in [0, 0.1) is 0 Å². The smallest absolute Gasteiger partial charge is 0.237 e. The number of unbranched alkanes of at least 4 members (excludes halogenated alkanes) is 1. The lowest BCUT2D eigenvalue weighted by Gasteiger charge is -2.33. The quantitative estimate of drug-likeness (QED) is 0.390. The van der Waals surface area contributed by atoms with Gasteiger partial charge in [-0.1, -0.05) is 31.9 Å². The molecule has 0 amide bonds. The molecule has 0 spiro atoms. The third kappa shape index (κ3) is 4.87. The normalized spacial score (nSPS) is 20.4. The Morgan fingerprint density at radius 2 is 2.06 bits per heavy atom. The first-order valence-electron chi connectivity index (χ1n) is 11.3. The minimum atomic E-state index is -1.28. The first kappa shape index (κ1) is 24.8. The Morgan fingerprint density at radius 3 is 2.71 bits per heavy atom. The fourth-order valence-corrected chi connectivity index (χ4v) is 6.50. The van der Waals surface area contributed by atoms with Gasteiger partial charge >= 0.3 is 0 Å². The van der Waals surface area contributed by atoms with E-state index < -0.39 is 16.5 Å². The summed E-state index contributed by atoms with van der Waals surface area (Å²) in [5.41, 5.74) is 7.04. The van der Waals surface area contributed by atoms with Crippen LogP contribution >= 0.6 is 22.9 Å². The van der Waals surface area contributed by atoms with Gasteiger partial charge < -0.3 is 14.9 Å². The zero-order valence-electron chi connectivity index (χ0n) is 19.8. The van der Waals surface area contributed by atoms with Crippen LogP contribution in [0.1, 0.15) is 44.2 Å². The van der Waals surface area contributed by atoms with Gasteiger partial charge in [0.05, 0.1) is 32.8 Å². The third-order valence-electron chi connectivity index (χ3n) is 5.70. The Morgan fingerprint density at radius 1 is 1.32 bits per heavy atom. The summed E-state index contributed by atoms with van der Waals surface area (Å²) in [6.45, 7) is 6.80. The second-order valence-electron chi connectivity index (χ2n) is 8.37. The van der Waals surface area contributed by atoms with Crippen LogP contribution in [-0.4, -0.2) is 38.9 Å². The van der Waals surface area contributed by atoms with Crippen molar-refractivity contribution in [2.75, 3.05) is 19.4 Å². The minimum Gasteiger partial charge on any atom is -0.494 e. The molecular weight excluding hydrogens is 492 g/mol. The highest BCUT2D eigenvalue weighted by Gasteiger charge is 2.39. The minimum absolute atomic E-state index is 0.229. The highest BCUT2D eigenvalue weighted by Crippen LogP contribution is 2.44. The first-order valence-corrected chi connectivity index (χ1v) is 13.7. The van der Waals surface area contributed by atoms with Crippen molar-refractivity contribution in [3.05, 3.63) is 45.9 Å². The lowest BCUT2D eigenvalue weighted by Crippen LogP contribution is -2.47. The average molecular weight is 521 g/mol. The summed E-state index contributed by atoms with van der Waals surface area (Å²) in [7, 11) is 0.384. The monoisotopic (exact) mass is 520 g/mol. The van der Waals surface area contributed by atoms with Crippen LogP contribution in [0.4, 0.5) is 0 Å². The molecule has 0 fully saturated rings. The molecule has 0 bridgehead atoms. The molecule has 0 aliphatic carbocycles. The van der Waals surface area contributed by atoms with Gasteiger partial charge in [0.25, 0.3) is 0 Å². The van der Waals surface area contributed by atoms with Crippen LogP contribution in [0.5, 0.6) is 5.75 Å². The topological polar surface area (TPSA) is 94.0 Å². The van der Waals surface area contributed by atoms with E-state index in [1.807, 2.05) is 44.2 Å². The molecule has 3 aromatic rings. The zero-order valence-corrected chi connectivity index (χ0v) is 22.1. The van der Waals surface area contributed by atoms with Crippen molar-refractivity contribution in [1.29, 1.82) is 0 Å². The SMILES string of the molecule is CCCCOc1ccc(-c2oc(-c3cc(Cl)c(C4(C)CS(=O)N(C)C(N)=N4)s3)nc2CC)cc1. The van der Waals surface area contributed by atoms with Crippen molar-refractivity contribution in [3.8, 4) is 27.8 Å². The van der Waals surface area contributed by atoms with E-state index in [0.29, 0.717) is 23.3 Å². The number of aromatic nitrogens is 1. The summed E-state index contributed by atoms with van der Waals surface area (Å²) in [4.78, 5) is 10.9. The summed E-state index contributed by atoms with van der Waals surface area (Å²) in [5.74, 6) is 2.61. The van der Waals surface area contributed by atoms with Gasteiger partial charge in [0, 0.05) is 12.6 Å². The third-order valence-corrected chi connectivity index (χ3v) is 9.09. The van der Waals surface area contributed by atoms with Gasteiger partial charge in [-0.2, -0.15) is 0 Å². The number of nitrogens with zero attached hydrogens (tertiary/aromatic N) is 3. The number of aryl methyl sites for hydroxylation is 1. The van der Waals surface area contributed by atoms with Crippen molar-refractivity contribution >= 4 is 39.9 Å². The summed E-state index contributed by atoms with van der Waals surface area (Å²) in [5, 5.41) is 0.534. The largest absolute Gasteiger partial charge is 0.494 e. The molecule has 0 radical (unpaired) electrons. The van der Waals surface area contributed by atoms with Crippen LogP contribution in [-0.2, 0) is 22.9 Å². The van der Waals surface area contributed by atoms with Gasteiger partial charge in [-0.05, 0) is 50.1 Å². The summed E-state index contributed by atoms with van der Waals surface area (Å²) >= 11 is 8.06. The number of benzene rings is 1. The van der Waals surface area contributed by atoms with Crippen molar-refractivity contribution in [3.63, 3.8) is 0 Å². The maximum atomic E-state index is 12.5. The van der Waals surface area contributed by atoms with Crippen LogP contribution in [0.15, 0.2) is 39.7 Å². The molecule has 182 valence electrons. The molecule has 2 atom stereocenters. The average Bonchev–Trinajstić information content (AvgIpc) is 3.42. The van der Waals surface area contributed by atoms with E-state index in [4.69, 9.17) is 31.5 Å². The number of halogens is 1. The number of thiophene rings is 1. The highest BCUT2D eigenvalue weighted by molar-refractivity contribution is 7.83. The molecule has 10 heteroatoms. The number of rotatable bonds is 8. The predicted octanol–water partition coefficient (Wildman–Crippen LogP) is 5.60. The van der Waals surface area contributed by atoms with E-state index in [-0.39, 0.29) is 5.96 Å². The number of ether oxygens (including phenoxy) is 1. The van der Waals surface area contributed by atoms with E-state index in [2.05, 4.69) is 11.9 Å². The Balaban J connectivity index is 1.64. The molecule has 34 heavy (non-hydrogen) atoms. The molecule has 3 heterocycles. The molecular formula is C24H29ClN4O3S2. The molecule has 4 rings (SSSR count). The van der Waals surface area contributed by atoms with Gasteiger partial charge in [-0.25, -0.2) is 14.2 Å². The molecule has 2 N–H and O–H groups in total. The van der Waals surface area contributed by atoms with Crippen molar-refractivity contribution < 1.29 is 13.4 Å². The standard InChI is InChI=1S/C24H29ClN4O3S2/c1-5-7-12-31-16-10-8-15(9-11-16)20-18(6-2)27-22(32-20)19-13-17(25)21(33-19)24(3)14-34(30)29(4)23(26)28-24/h8-11,13H,5-7,12,14H2,1-4H3,(H2,26,28). The molecule has 7 nitrogen and oxygen atoms in total.